The van der Waals surface area contributed by atoms with Crippen LogP contribution in [0.2, 0.25) is 0 Å². The summed E-state index contributed by atoms with van der Waals surface area (Å²) in [5.41, 5.74) is 3.74. The van der Waals surface area contributed by atoms with Gasteiger partial charge in [0.05, 0.1) is 6.61 Å². The average molecular weight is 381 g/mol. The Hall–Kier alpha value is -2.89. The number of carbonyl (C=O) groups excluding carboxylic acids is 2. The molecule has 4 rings (SSSR count). The molecule has 1 aromatic carbocycles. The predicted octanol–water partition coefficient (Wildman–Crippen LogP) is 3.48. The van der Waals surface area contributed by atoms with Crippen LogP contribution in [-0.4, -0.2) is 29.2 Å². The van der Waals surface area contributed by atoms with Gasteiger partial charge in [-0.05, 0) is 50.3 Å². The summed E-state index contributed by atoms with van der Waals surface area (Å²) in [4.78, 5) is 37.4. The van der Waals surface area contributed by atoms with Crippen LogP contribution in [0.25, 0.3) is 0 Å². The molecule has 1 heterocycles. The van der Waals surface area contributed by atoms with Gasteiger partial charge in [0, 0.05) is 41.3 Å². The van der Waals surface area contributed by atoms with Crippen molar-refractivity contribution in [1.29, 1.82) is 0 Å². The van der Waals surface area contributed by atoms with Crippen LogP contribution in [0.3, 0.4) is 0 Å². The largest absolute Gasteiger partial charge is 0.493 e. The van der Waals surface area contributed by atoms with Gasteiger partial charge >= 0.3 is 5.97 Å². The molecule has 0 radical (unpaired) electrons. The second-order valence-electron chi connectivity index (χ2n) is 7.39. The highest BCUT2D eigenvalue weighted by Gasteiger charge is 2.40. The molecule has 2 aliphatic carbocycles. The SMILES string of the molecule is CCOc1ccc(C2C3=C(CCCC3=O)NC3=C2C(=O)CCC3)cc1C(=O)O. The normalized spacial score (nSPS) is 19.9. The molecule has 0 saturated heterocycles. The fourth-order valence-corrected chi connectivity index (χ4v) is 4.49. The molecular weight excluding hydrogens is 358 g/mol. The molecule has 0 aromatic heterocycles. The van der Waals surface area contributed by atoms with E-state index in [4.69, 9.17) is 4.74 Å². The van der Waals surface area contributed by atoms with Crippen LogP contribution in [0, 0.1) is 0 Å². The molecule has 2 N–H and O–H groups in total. The molecule has 28 heavy (non-hydrogen) atoms. The molecule has 0 atom stereocenters. The smallest absolute Gasteiger partial charge is 0.339 e. The van der Waals surface area contributed by atoms with Crippen molar-refractivity contribution in [3.8, 4) is 5.75 Å². The van der Waals surface area contributed by atoms with Gasteiger partial charge in [-0.1, -0.05) is 6.07 Å². The maximum Gasteiger partial charge on any atom is 0.339 e. The van der Waals surface area contributed by atoms with Gasteiger partial charge < -0.3 is 15.2 Å². The van der Waals surface area contributed by atoms with Gasteiger partial charge in [0.25, 0.3) is 0 Å². The van der Waals surface area contributed by atoms with Gasteiger partial charge in [0.1, 0.15) is 11.3 Å². The number of ketones is 2. The van der Waals surface area contributed by atoms with E-state index in [1.165, 1.54) is 0 Å². The van der Waals surface area contributed by atoms with Gasteiger partial charge in [0.15, 0.2) is 11.6 Å². The number of rotatable bonds is 4. The van der Waals surface area contributed by atoms with Crippen LogP contribution in [0.4, 0.5) is 0 Å². The Kier molecular flexibility index (Phi) is 4.79. The minimum atomic E-state index is -1.09. The molecule has 0 spiro atoms. The third-order valence-corrected chi connectivity index (χ3v) is 5.66. The molecular formula is C22H23NO5. The summed E-state index contributed by atoms with van der Waals surface area (Å²) in [6, 6.07) is 4.97. The second-order valence-corrected chi connectivity index (χ2v) is 7.39. The van der Waals surface area contributed by atoms with Crippen molar-refractivity contribution < 1.29 is 24.2 Å². The highest BCUT2D eigenvalue weighted by Crippen LogP contribution is 2.45. The molecule has 1 aromatic rings. The average Bonchev–Trinajstić information content (AvgIpc) is 2.67. The molecule has 3 aliphatic rings. The summed E-state index contributed by atoms with van der Waals surface area (Å²) in [6.45, 7) is 2.15. The number of hydrogen-bond acceptors (Lipinski definition) is 5. The number of Topliss-reactive ketones (excluding diaryl/α,β-unsaturated/α-hetero) is 2. The van der Waals surface area contributed by atoms with Crippen molar-refractivity contribution in [2.75, 3.05) is 6.61 Å². The zero-order chi connectivity index (χ0) is 19.8. The molecule has 0 saturated carbocycles. The number of carbonyl (C=O) groups is 3. The van der Waals surface area contributed by atoms with E-state index in [-0.39, 0.29) is 17.1 Å². The van der Waals surface area contributed by atoms with Gasteiger partial charge in [-0.15, -0.1) is 0 Å². The molecule has 0 bridgehead atoms. The molecule has 0 unspecified atom stereocenters. The minimum Gasteiger partial charge on any atom is -0.493 e. The van der Waals surface area contributed by atoms with E-state index in [2.05, 4.69) is 5.32 Å². The van der Waals surface area contributed by atoms with E-state index < -0.39 is 11.9 Å². The van der Waals surface area contributed by atoms with Gasteiger partial charge in [-0.25, -0.2) is 4.79 Å². The van der Waals surface area contributed by atoms with Gasteiger partial charge in [-0.3, -0.25) is 9.59 Å². The number of aromatic carboxylic acids is 1. The van der Waals surface area contributed by atoms with Crippen LogP contribution in [0.15, 0.2) is 40.7 Å². The maximum atomic E-state index is 12.8. The fraction of sp³-hybridized carbons (Fsp3) is 0.409. The third kappa shape index (κ3) is 3.03. The number of nitrogens with one attached hydrogen (secondary N) is 1. The number of carboxylic acids is 1. The van der Waals surface area contributed by atoms with E-state index in [0.29, 0.717) is 41.9 Å². The summed E-state index contributed by atoms with van der Waals surface area (Å²) in [7, 11) is 0. The second kappa shape index (κ2) is 7.26. The Morgan fingerprint density at radius 2 is 1.68 bits per heavy atom. The topological polar surface area (TPSA) is 92.7 Å². The van der Waals surface area contributed by atoms with Crippen molar-refractivity contribution in [3.05, 3.63) is 51.9 Å². The zero-order valence-corrected chi connectivity index (χ0v) is 15.8. The van der Waals surface area contributed by atoms with Crippen molar-refractivity contribution in [2.24, 2.45) is 0 Å². The highest BCUT2D eigenvalue weighted by atomic mass is 16.5. The van der Waals surface area contributed by atoms with Crippen LogP contribution in [-0.2, 0) is 9.59 Å². The fourth-order valence-electron chi connectivity index (χ4n) is 4.49. The summed E-state index contributed by atoms with van der Waals surface area (Å²) in [5.74, 6) is -1.22. The minimum absolute atomic E-state index is 0.0365. The van der Waals surface area contributed by atoms with Crippen molar-refractivity contribution >= 4 is 17.5 Å². The Bertz CT molecular complexity index is 898. The van der Waals surface area contributed by atoms with Crippen molar-refractivity contribution in [2.45, 2.75) is 51.4 Å². The van der Waals surface area contributed by atoms with Crippen molar-refractivity contribution in [3.63, 3.8) is 0 Å². The van der Waals surface area contributed by atoms with E-state index >= 15 is 0 Å². The first-order valence-electron chi connectivity index (χ1n) is 9.80. The summed E-state index contributed by atoms with van der Waals surface area (Å²) < 4.78 is 5.45. The molecule has 6 nitrogen and oxygen atoms in total. The number of carboxylic acid groups (broad SMARTS) is 1. The molecule has 1 aliphatic heterocycles. The lowest BCUT2D eigenvalue weighted by Crippen LogP contribution is -2.36. The molecule has 0 amide bonds. The Labute approximate surface area is 163 Å². The Balaban J connectivity index is 1.89. The van der Waals surface area contributed by atoms with Crippen LogP contribution >= 0.6 is 0 Å². The van der Waals surface area contributed by atoms with Gasteiger partial charge in [-0.2, -0.15) is 0 Å². The van der Waals surface area contributed by atoms with Crippen LogP contribution in [0.1, 0.15) is 67.3 Å². The maximum absolute atomic E-state index is 12.8. The summed E-state index contributed by atoms with van der Waals surface area (Å²) in [5, 5.41) is 13.0. The zero-order valence-electron chi connectivity index (χ0n) is 15.8. The lowest BCUT2D eigenvalue weighted by atomic mass is 9.71. The van der Waals surface area contributed by atoms with Crippen LogP contribution in [0.5, 0.6) is 5.75 Å². The number of ether oxygens (including phenoxy) is 1. The first kappa shape index (κ1) is 18.5. The Morgan fingerprint density at radius 1 is 1.07 bits per heavy atom. The monoisotopic (exact) mass is 381 g/mol. The van der Waals surface area contributed by atoms with Gasteiger partial charge in [0.2, 0.25) is 0 Å². The summed E-state index contributed by atoms with van der Waals surface area (Å²) in [6.07, 6.45) is 4.03. The molecule has 0 fully saturated rings. The molecule has 6 heteroatoms. The lowest BCUT2D eigenvalue weighted by Gasteiger charge is -2.37. The highest BCUT2D eigenvalue weighted by molar-refractivity contribution is 6.06. The summed E-state index contributed by atoms with van der Waals surface area (Å²) >= 11 is 0. The quantitative estimate of drug-likeness (QED) is 0.829. The number of benzene rings is 1. The number of allylic oxidation sites excluding steroid dienone is 4. The predicted molar refractivity (Wildman–Crippen MR) is 102 cm³/mol. The Morgan fingerprint density at radius 3 is 2.21 bits per heavy atom. The number of dihydropyridines is 1. The van der Waals surface area contributed by atoms with E-state index in [9.17, 15) is 19.5 Å². The third-order valence-electron chi connectivity index (χ3n) is 5.66. The first-order valence-corrected chi connectivity index (χ1v) is 9.80. The van der Waals surface area contributed by atoms with Crippen LogP contribution < -0.4 is 10.1 Å². The lowest BCUT2D eigenvalue weighted by molar-refractivity contribution is -0.117. The van der Waals surface area contributed by atoms with E-state index in [1.807, 2.05) is 0 Å². The van der Waals surface area contributed by atoms with E-state index in [1.54, 1.807) is 25.1 Å². The van der Waals surface area contributed by atoms with Crippen molar-refractivity contribution in [1.82, 2.24) is 5.32 Å². The molecule has 146 valence electrons. The van der Waals surface area contributed by atoms with E-state index in [0.717, 1.165) is 37.1 Å². The number of hydrogen-bond donors (Lipinski definition) is 2. The standard InChI is InChI=1S/C22H23NO5/c1-2-28-18-10-9-12(11-13(18)22(26)27)19-20-14(5-3-7-16(20)24)23-15-6-4-8-17(25)21(15)19/h9-11,19,23H,2-8H2,1H3,(H,26,27). The first-order chi connectivity index (χ1) is 13.5.